The first-order valence-electron chi connectivity index (χ1n) is 19.0. The van der Waals surface area contributed by atoms with Crippen molar-refractivity contribution in [1.82, 2.24) is 4.48 Å². The minimum atomic E-state index is 0.00884. The summed E-state index contributed by atoms with van der Waals surface area (Å²) in [4.78, 5) is 9.28. The topological polar surface area (TPSA) is 8.17 Å². The van der Waals surface area contributed by atoms with Crippen LogP contribution < -0.4 is 15.8 Å². The number of para-hydroxylation sites is 1. The number of thiophene rings is 1. The first-order chi connectivity index (χ1) is 26.8. The molecule has 0 fully saturated rings. The first-order valence-corrected chi connectivity index (χ1v) is 21.5. The predicted molar refractivity (Wildman–Crippen MR) is 239 cm³/mol. The summed E-state index contributed by atoms with van der Waals surface area (Å²) in [7, 11) is 0. The molecule has 3 aliphatic rings. The monoisotopic (exact) mass is 758 g/mol. The average molecular weight is 759 g/mol. The molecule has 0 atom stereocenters. The summed E-state index contributed by atoms with van der Waals surface area (Å²) >= 11 is 5.77. The maximum Gasteiger partial charge on any atom is 0.333 e. The van der Waals surface area contributed by atoms with Crippen LogP contribution in [-0.2, 0) is 5.41 Å². The Hall–Kier alpha value is -5.14. The molecule has 2 aromatic heterocycles. The van der Waals surface area contributed by atoms with Crippen LogP contribution in [0, 0.1) is 6.92 Å². The molecule has 0 spiro atoms. The fourth-order valence-electron chi connectivity index (χ4n) is 9.36. The van der Waals surface area contributed by atoms with Gasteiger partial charge >= 0.3 is 6.85 Å². The molecule has 0 amide bonds. The molecule has 55 heavy (non-hydrogen) atoms. The molecule has 0 bridgehead atoms. The molecule has 0 radical (unpaired) electrons. The van der Waals surface area contributed by atoms with Crippen LogP contribution in [0.1, 0.15) is 31.9 Å². The van der Waals surface area contributed by atoms with Crippen molar-refractivity contribution in [2.45, 2.75) is 52.7 Å². The molecule has 262 valence electrons. The van der Waals surface area contributed by atoms with E-state index in [1.54, 1.807) is 0 Å². The van der Waals surface area contributed by atoms with Crippen molar-refractivity contribution in [2.75, 3.05) is 4.90 Å². The quantitative estimate of drug-likeness (QED) is 0.162. The standard InChI is InChI=1S/C49H35BN2S3/c1-28-23-35-31-16-12-17-33-45-32-15-8-9-18-40(32)55-48(45)52(47(31)33)50-36-26-43-44(54-42-20-11-10-19-41(42)53-43)27-38(36)51(39(24-28)46(35)50)37-22-21-30(49(2,3)4)25-34(37)29-13-6-5-7-14-29/h5-27H,1-4H3. The van der Waals surface area contributed by atoms with Crippen molar-refractivity contribution >= 4 is 101 Å². The second kappa shape index (κ2) is 11.5. The highest BCUT2D eigenvalue weighted by atomic mass is 32.2. The predicted octanol–water partition coefficient (Wildman–Crippen LogP) is 13.3. The second-order valence-electron chi connectivity index (χ2n) is 16.2. The van der Waals surface area contributed by atoms with Gasteiger partial charge in [-0.05, 0) is 94.0 Å². The normalized spacial score (nSPS) is 14.0. The number of hydrogen-bond acceptors (Lipinski definition) is 4. The van der Waals surface area contributed by atoms with E-state index in [0.29, 0.717) is 0 Å². The SMILES string of the molecule is Cc1cc2c3c(c1)N(c1ccc(C(C)(C)C)cc1-c1ccccc1)c1cc4c(cc1B3n1c3sc5ccccc5c3c3cccc-2c31)Sc1ccccc1S4. The molecule has 9 aromatic rings. The van der Waals surface area contributed by atoms with Gasteiger partial charge in [-0.3, -0.25) is 0 Å². The van der Waals surface area contributed by atoms with Crippen molar-refractivity contribution in [3.63, 3.8) is 0 Å². The lowest BCUT2D eigenvalue weighted by molar-refractivity contribution is 0.590. The van der Waals surface area contributed by atoms with E-state index in [1.165, 1.54) is 112 Å². The van der Waals surface area contributed by atoms with Gasteiger partial charge in [-0.1, -0.05) is 135 Å². The van der Waals surface area contributed by atoms with E-state index in [-0.39, 0.29) is 12.3 Å². The summed E-state index contributed by atoms with van der Waals surface area (Å²) in [6.07, 6.45) is 0. The Balaban J connectivity index is 1.22. The molecule has 0 saturated heterocycles. The third-order valence-corrected chi connectivity index (χ3v) is 15.5. The Kier molecular flexibility index (Phi) is 6.69. The molecular weight excluding hydrogens is 724 g/mol. The van der Waals surface area contributed by atoms with Crippen LogP contribution in [0.4, 0.5) is 17.1 Å². The van der Waals surface area contributed by atoms with Gasteiger partial charge in [0.1, 0.15) is 0 Å². The molecule has 7 aromatic carbocycles. The van der Waals surface area contributed by atoms with Gasteiger partial charge in [-0.15, -0.1) is 11.3 Å². The molecular formula is C49H35BN2S3. The van der Waals surface area contributed by atoms with E-state index in [0.717, 1.165) is 0 Å². The van der Waals surface area contributed by atoms with Crippen LogP contribution in [0.3, 0.4) is 0 Å². The summed E-state index contributed by atoms with van der Waals surface area (Å²) in [5.41, 5.74) is 15.6. The lowest BCUT2D eigenvalue weighted by Crippen LogP contribution is -2.56. The van der Waals surface area contributed by atoms with Crippen LogP contribution in [0.25, 0.3) is 53.5 Å². The Morgan fingerprint density at radius 3 is 2.09 bits per heavy atom. The van der Waals surface area contributed by atoms with Crippen molar-refractivity contribution in [2.24, 2.45) is 0 Å². The third-order valence-electron chi connectivity index (χ3n) is 11.8. The van der Waals surface area contributed by atoms with Crippen molar-refractivity contribution in [1.29, 1.82) is 0 Å². The molecule has 0 N–H and O–H groups in total. The van der Waals surface area contributed by atoms with Gasteiger partial charge in [0.25, 0.3) is 0 Å². The van der Waals surface area contributed by atoms with Crippen LogP contribution in [0.5, 0.6) is 0 Å². The summed E-state index contributed by atoms with van der Waals surface area (Å²) in [5.74, 6) is 0. The smallest absolute Gasteiger partial charge is 0.333 e. The number of aryl methyl sites for hydroxylation is 1. The van der Waals surface area contributed by atoms with E-state index in [2.05, 4.69) is 177 Å². The number of anilines is 3. The number of fused-ring (bicyclic) bond motifs is 11. The second-order valence-corrected chi connectivity index (χ2v) is 19.4. The first kappa shape index (κ1) is 32.1. The Morgan fingerprint density at radius 1 is 0.564 bits per heavy atom. The zero-order chi connectivity index (χ0) is 36.7. The molecule has 2 nitrogen and oxygen atoms in total. The van der Waals surface area contributed by atoms with Crippen molar-refractivity contribution in [3.05, 3.63) is 151 Å². The van der Waals surface area contributed by atoms with E-state index < -0.39 is 0 Å². The molecule has 5 heterocycles. The minimum Gasteiger partial charge on any atom is -0.367 e. The number of nitrogens with zero attached hydrogens (tertiary/aromatic N) is 2. The van der Waals surface area contributed by atoms with E-state index in [1.807, 2.05) is 34.9 Å². The summed E-state index contributed by atoms with van der Waals surface area (Å²) in [5, 5.41) is 4.08. The van der Waals surface area contributed by atoms with Crippen LogP contribution in [-0.4, -0.2) is 11.3 Å². The zero-order valence-electron chi connectivity index (χ0n) is 31.0. The lowest BCUT2D eigenvalue weighted by atomic mass is 9.45. The average Bonchev–Trinajstić information content (AvgIpc) is 3.73. The molecule has 0 unspecified atom stereocenters. The van der Waals surface area contributed by atoms with Crippen molar-refractivity contribution < 1.29 is 0 Å². The molecule has 0 aliphatic carbocycles. The van der Waals surface area contributed by atoms with Crippen LogP contribution in [0.15, 0.2) is 159 Å². The number of benzene rings is 7. The number of aromatic nitrogens is 1. The maximum atomic E-state index is 2.73. The van der Waals surface area contributed by atoms with Crippen molar-refractivity contribution in [3.8, 4) is 22.3 Å². The Labute approximate surface area is 333 Å². The Bertz CT molecular complexity index is 3110. The molecule has 3 aliphatic heterocycles. The van der Waals surface area contributed by atoms with E-state index >= 15 is 0 Å². The van der Waals surface area contributed by atoms with Gasteiger partial charge in [-0.25, -0.2) is 0 Å². The van der Waals surface area contributed by atoms with Gasteiger partial charge in [0.15, 0.2) is 0 Å². The lowest BCUT2D eigenvalue weighted by Gasteiger charge is -2.42. The van der Waals surface area contributed by atoms with Gasteiger partial charge in [0.05, 0.1) is 10.5 Å². The fourth-order valence-corrected chi connectivity index (χ4v) is 12.9. The molecule has 12 rings (SSSR count). The van der Waals surface area contributed by atoms with Crippen LogP contribution >= 0.6 is 34.9 Å². The molecule has 0 saturated carbocycles. The van der Waals surface area contributed by atoms with Crippen LogP contribution in [0.2, 0.25) is 0 Å². The third kappa shape index (κ3) is 4.53. The van der Waals surface area contributed by atoms with Gasteiger partial charge < -0.3 is 9.38 Å². The fraction of sp³-hybridized carbons (Fsp3) is 0.102. The highest BCUT2D eigenvalue weighted by molar-refractivity contribution is 8.05. The van der Waals surface area contributed by atoms with Gasteiger partial charge in [0, 0.05) is 68.5 Å². The number of rotatable bonds is 2. The maximum absolute atomic E-state index is 2.73. The molecule has 6 heteroatoms. The zero-order valence-corrected chi connectivity index (χ0v) is 33.4. The highest BCUT2D eigenvalue weighted by Gasteiger charge is 2.44. The largest absolute Gasteiger partial charge is 0.367 e. The van der Waals surface area contributed by atoms with E-state index in [9.17, 15) is 0 Å². The summed E-state index contributed by atoms with van der Waals surface area (Å²) < 4.78 is 4.07. The Morgan fingerprint density at radius 2 is 1.29 bits per heavy atom. The highest BCUT2D eigenvalue weighted by Crippen LogP contribution is 2.54. The van der Waals surface area contributed by atoms with E-state index in [4.69, 9.17) is 0 Å². The minimum absolute atomic E-state index is 0.00884. The summed E-state index contributed by atoms with van der Waals surface area (Å²) in [6, 6.07) is 53.0. The van der Waals surface area contributed by atoms with Gasteiger partial charge in [-0.2, -0.15) is 0 Å². The summed E-state index contributed by atoms with van der Waals surface area (Å²) in [6.45, 7) is 9.24. The number of hydrogen-bond donors (Lipinski definition) is 0. The van der Waals surface area contributed by atoms with Gasteiger partial charge in [0.2, 0.25) is 0 Å².